The number of hydrogen-bond acceptors (Lipinski definition) is 7. The summed E-state index contributed by atoms with van der Waals surface area (Å²) >= 11 is 5.05. The molecule has 1 aliphatic heterocycles. The van der Waals surface area contributed by atoms with E-state index in [0.29, 0.717) is 47.6 Å². The fraction of sp³-hybridized carbons (Fsp3) is 0.200. The largest absolute Gasteiger partial charge is 0.493 e. The Hall–Kier alpha value is -4.06. The first-order valence-corrected chi connectivity index (χ1v) is 14.7. The first-order chi connectivity index (χ1) is 19.8. The molecule has 0 atom stereocenters. The number of fused-ring (bicyclic) bond motifs is 3. The predicted molar refractivity (Wildman–Crippen MR) is 162 cm³/mol. The summed E-state index contributed by atoms with van der Waals surface area (Å²) in [5.74, 6) is -1.71. The first-order valence-electron chi connectivity index (χ1n) is 13.0. The van der Waals surface area contributed by atoms with Crippen LogP contribution >= 0.6 is 27.3 Å². The number of carbonyl (C=O) groups is 3. The number of amides is 2. The number of carboxylic acids is 1. The average Bonchev–Trinajstić information content (AvgIpc) is 3.37. The molecule has 210 valence electrons. The molecule has 41 heavy (non-hydrogen) atoms. The number of benzene rings is 2. The second-order valence-electron chi connectivity index (χ2n) is 9.39. The van der Waals surface area contributed by atoms with Crippen molar-refractivity contribution in [3.8, 4) is 27.3 Å². The molecule has 1 aliphatic rings. The molecule has 5 rings (SSSR count). The average molecular weight is 636 g/mol. The van der Waals surface area contributed by atoms with Gasteiger partial charge in [-0.3, -0.25) is 9.59 Å². The topological polar surface area (TPSA) is 144 Å². The summed E-state index contributed by atoms with van der Waals surface area (Å²) in [5, 5.41) is 17.7. The van der Waals surface area contributed by atoms with Crippen LogP contribution in [0.4, 0.5) is 5.69 Å². The summed E-state index contributed by atoms with van der Waals surface area (Å²) in [7, 11) is 0. The van der Waals surface area contributed by atoms with Crippen molar-refractivity contribution in [2.75, 3.05) is 18.5 Å². The quantitative estimate of drug-likeness (QED) is 0.194. The third-order valence-electron chi connectivity index (χ3n) is 6.66. The lowest BCUT2D eigenvalue weighted by Gasteiger charge is -2.17. The Bertz CT molecular complexity index is 1670. The molecule has 0 unspecified atom stereocenters. The highest BCUT2D eigenvalue weighted by Gasteiger charge is 2.26. The Kier molecular flexibility index (Phi) is 8.48. The normalized spacial score (nSPS) is 12.0. The molecule has 0 fully saturated rings. The number of thiophene rings is 1. The van der Waals surface area contributed by atoms with Crippen LogP contribution in [-0.2, 0) is 13.0 Å². The van der Waals surface area contributed by atoms with Crippen LogP contribution in [-0.4, -0.2) is 41.0 Å². The van der Waals surface area contributed by atoms with Crippen molar-refractivity contribution in [3.05, 3.63) is 86.5 Å². The molecule has 2 amide bonds. The lowest BCUT2D eigenvalue weighted by molar-refractivity contribution is 0.0691. The Balaban J connectivity index is 1.66. The molecule has 0 aliphatic carbocycles. The van der Waals surface area contributed by atoms with Gasteiger partial charge >= 0.3 is 5.97 Å². The van der Waals surface area contributed by atoms with Crippen LogP contribution < -0.4 is 21.1 Å². The van der Waals surface area contributed by atoms with E-state index in [1.165, 1.54) is 12.1 Å². The van der Waals surface area contributed by atoms with Crippen molar-refractivity contribution in [1.29, 1.82) is 0 Å². The summed E-state index contributed by atoms with van der Waals surface area (Å²) < 4.78 is 6.74. The number of anilines is 1. The number of nitrogens with one attached hydrogen (secondary N) is 2. The van der Waals surface area contributed by atoms with E-state index >= 15 is 0 Å². The molecule has 0 radical (unpaired) electrons. The summed E-state index contributed by atoms with van der Waals surface area (Å²) in [6, 6.07) is 13.8. The van der Waals surface area contributed by atoms with E-state index in [1.807, 2.05) is 30.5 Å². The summed E-state index contributed by atoms with van der Waals surface area (Å²) in [4.78, 5) is 44.0. The van der Waals surface area contributed by atoms with Gasteiger partial charge in [0, 0.05) is 51.1 Å². The number of carboxylic acid groups (broad SMARTS) is 1. The fourth-order valence-corrected chi connectivity index (χ4v) is 6.10. The number of hydrogen-bond donors (Lipinski definition) is 4. The number of pyridine rings is 1. The van der Waals surface area contributed by atoms with Gasteiger partial charge in [-0.05, 0) is 81.3 Å². The van der Waals surface area contributed by atoms with Gasteiger partial charge in [-0.25, -0.2) is 9.78 Å². The van der Waals surface area contributed by atoms with Crippen molar-refractivity contribution in [2.24, 2.45) is 5.73 Å². The van der Waals surface area contributed by atoms with E-state index in [-0.39, 0.29) is 22.5 Å². The fourth-order valence-electron chi connectivity index (χ4n) is 4.60. The molecule has 5 N–H and O–H groups in total. The second kappa shape index (κ2) is 12.2. The first kappa shape index (κ1) is 28.5. The highest BCUT2D eigenvalue weighted by Crippen LogP contribution is 2.43. The molecule has 0 bridgehead atoms. The molecule has 2 aromatic heterocycles. The minimum absolute atomic E-state index is 0.0243. The maximum absolute atomic E-state index is 13.9. The predicted octanol–water partition coefficient (Wildman–Crippen LogP) is 5.72. The van der Waals surface area contributed by atoms with E-state index in [9.17, 15) is 19.5 Å². The van der Waals surface area contributed by atoms with E-state index < -0.39 is 17.8 Å². The van der Waals surface area contributed by atoms with Crippen LogP contribution in [0.5, 0.6) is 5.75 Å². The smallest absolute Gasteiger partial charge is 0.355 e. The number of halogens is 1. The number of nitrogens with zero attached hydrogens (tertiary/aromatic N) is 1. The van der Waals surface area contributed by atoms with E-state index in [1.54, 1.807) is 29.5 Å². The highest BCUT2D eigenvalue weighted by molar-refractivity contribution is 9.10. The summed E-state index contributed by atoms with van der Waals surface area (Å²) in [6.45, 7) is 3.13. The number of carbonyl (C=O) groups excluding carboxylic acids is 2. The number of nitrogens with two attached hydrogens (primary N) is 1. The molecule has 4 aromatic rings. The molecular weight excluding hydrogens is 608 g/mol. The van der Waals surface area contributed by atoms with E-state index in [4.69, 9.17) is 10.5 Å². The molecular formula is C30H27BrN4O5S. The standard InChI is InChI=1S/C30H27BrN4O5S/c1-2-9-33-29(37)24-6-4-18(26(34-24)30(38)39)19-14-25-21(27-17(7-10-40-25)8-11-41-27)13-20(19)28(36)35-23-5-3-16(15-32)12-22(23)31/h3-6,8,11-14H,2,7,9-10,15,32H2,1H3,(H,33,37)(H,35,36)(H,38,39). The van der Waals surface area contributed by atoms with Crippen LogP contribution in [0.2, 0.25) is 0 Å². The van der Waals surface area contributed by atoms with Gasteiger partial charge in [0.05, 0.1) is 12.3 Å². The van der Waals surface area contributed by atoms with E-state index in [2.05, 4.69) is 31.5 Å². The molecule has 0 saturated heterocycles. The van der Waals surface area contributed by atoms with Gasteiger partial charge < -0.3 is 26.2 Å². The molecule has 9 nitrogen and oxygen atoms in total. The van der Waals surface area contributed by atoms with Gasteiger partial charge in [0.25, 0.3) is 11.8 Å². The minimum Gasteiger partial charge on any atom is -0.493 e. The van der Waals surface area contributed by atoms with Crippen LogP contribution in [0.3, 0.4) is 0 Å². The van der Waals surface area contributed by atoms with Gasteiger partial charge in [-0.15, -0.1) is 11.3 Å². The Morgan fingerprint density at radius 2 is 1.90 bits per heavy atom. The Morgan fingerprint density at radius 1 is 1.07 bits per heavy atom. The van der Waals surface area contributed by atoms with Gasteiger partial charge in [0.15, 0.2) is 5.69 Å². The SMILES string of the molecule is CCCNC(=O)c1ccc(-c2cc3c(cc2C(=O)Nc2ccc(CN)cc2Br)-c2sccc2CCO3)c(C(=O)O)n1. The third-order valence-corrected chi connectivity index (χ3v) is 8.30. The van der Waals surface area contributed by atoms with Crippen LogP contribution in [0.25, 0.3) is 21.6 Å². The highest BCUT2D eigenvalue weighted by atomic mass is 79.9. The molecule has 11 heteroatoms. The van der Waals surface area contributed by atoms with Crippen molar-refractivity contribution in [3.63, 3.8) is 0 Å². The van der Waals surface area contributed by atoms with Crippen molar-refractivity contribution in [2.45, 2.75) is 26.3 Å². The molecule has 0 saturated carbocycles. The third kappa shape index (κ3) is 5.88. The van der Waals surface area contributed by atoms with E-state index in [0.717, 1.165) is 28.0 Å². The zero-order valence-corrected chi connectivity index (χ0v) is 24.5. The van der Waals surface area contributed by atoms with Crippen molar-refractivity contribution in [1.82, 2.24) is 10.3 Å². The maximum Gasteiger partial charge on any atom is 0.355 e. The monoisotopic (exact) mass is 634 g/mol. The second-order valence-corrected chi connectivity index (χ2v) is 11.2. The number of aromatic carboxylic acids is 1. The lowest BCUT2D eigenvalue weighted by atomic mass is 9.93. The number of ether oxygens (including phenoxy) is 1. The van der Waals surface area contributed by atoms with Crippen molar-refractivity contribution < 1.29 is 24.2 Å². The number of rotatable bonds is 8. The summed E-state index contributed by atoms with van der Waals surface area (Å²) in [5.41, 5.74) is 9.40. The Morgan fingerprint density at radius 3 is 2.63 bits per heavy atom. The van der Waals surface area contributed by atoms with Crippen molar-refractivity contribution >= 4 is 50.7 Å². The molecule has 2 aromatic carbocycles. The van der Waals surface area contributed by atoms with Gasteiger partial charge in [0.2, 0.25) is 0 Å². The van der Waals surface area contributed by atoms with Gasteiger partial charge in [-0.2, -0.15) is 0 Å². The minimum atomic E-state index is -1.33. The molecule has 0 spiro atoms. The van der Waals surface area contributed by atoms with Gasteiger partial charge in [0.1, 0.15) is 11.4 Å². The maximum atomic E-state index is 13.9. The summed E-state index contributed by atoms with van der Waals surface area (Å²) in [6.07, 6.45) is 1.43. The van der Waals surface area contributed by atoms with Gasteiger partial charge in [-0.1, -0.05) is 13.0 Å². The number of aromatic nitrogens is 1. The Labute approximate surface area is 248 Å². The molecule has 3 heterocycles. The zero-order chi connectivity index (χ0) is 29.1. The lowest BCUT2D eigenvalue weighted by Crippen LogP contribution is -2.25. The van der Waals surface area contributed by atoms with Crippen LogP contribution in [0.1, 0.15) is 55.8 Å². The zero-order valence-electron chi connectivity index (χ0n) is 22.1. The van der Waals surface area contributed by atoms with Crippen LogP contribution in [0.15, 0.2) is 58.4 Å². The van der Waals surface area contributed by atoms with Crippen LogP contribution in [0, 0.1) is 0 Å².